The third kappa shape index (κ3) is 10.5. The Morgan fingerprint density at radius 1 is 0.862 bits per heavy atom. The van der Waals surface area contributed by atoms with Gasteiger partial charge in [-0.2, -0.15) is 11.8 Å². The molecular weight excluding hydrogens is 418 g/mol. The smallest absolute Gasteiger partial charge is 0.237 e. The van der Waals surface area contributed by atoms with E-state index in [2.05, 4.69) is 22.2 Å². The SMILES string of the molecule is CCCCCCCCCCCCC(SC)C(=O)Nc1c(SC)nc(C)nc1SC. The van der Waals surface area contributed by atoms with E-state index in [1.54, 1.807) is 35.3 Å². The van der Waals surface area contributed by atoms with Crippen LogP contribution in [0.2, 0.25) is 0 Å². The summed E-state index contributed by atoms with van der Waals surface area (Å²) in [6.07, 6.45) is 20.1. The summed E-state index contributed by atoms with van der Waals surface area (Å²) in [5.41, 5.74) is 0.766. The maximum Gasteiger partial charge on any atom is 0.237 e. The second kappa shape index (κ2) is 16.3. The number of unbranched alkanes of at least 4 members (excludes halogenated alkanes) is 9. The fourth-order valence-corrected chi connectivity index (χ4v) is 5.19. The number of carbonyl (C=O) groups is 1. The first kappa shape index (κ1) is 26.6. The van der Waals surface area contributed by atoms with Crippen LogP contribution in [0.1, 0.15) is 83.4 Å². The van der Waals surface area contributed by atoms with Gasteiger partial charge in [0.2, 0.25) is 5.91 Å². The molecule has 1 aromatic heterocycles. The normalized spacial score (nSPS) is 12.2. The molecule has 1 N–H and O–H groups in total. The molecule has 1 aromatic rings. The number of thioether (sulfide) groups is 3. The van der Waals surface area contributed by atoms with Crippen LogP contribution in [-0.4, -0.2) is 39.9 Å². The summed E-state index contributed by atoms with van der Waals surface area (Å²) in [6, 6.07) is 0. The number of nitrogens with one attached hydrogen (secondary N) is 1. The van der Waals surface area contributed by atoms with Crippen molar-refractivity contribution in [2.24, 2.45) is 0 Å². The fraction of sp³-hybridized carbons (Fsp3) is 0.773. The molecule has 0 saturated heterocycles. The quantitative estimate of drug-likeness (QED) is 0.161. The van der Waals surface area contributed by atoms with Gasteiger partial charge in [-0.05, 0) is 32.1 Å². The minimum atomic E-state index is -0.0187. The van der Waals surface area contributed by atoms with Gasteiger partial charge in [-0.1, -0.05) is 71.1 Å². The highest BCUT2D eigenvalue weighted by Crippen LogP contribution is 2.32. The predicted molar refractivity (Wildman–Crippen MR) is 133 cm³/mol. The van der Waals surface area contributed by atoms with Crippen LogP contribution in [0.5, 0.6) is 0 Å². The van der Waals surface area contributed by atoms with E-state index in [0.29, 0.717) is 0 Å². The molecule has 0 bridgehead atoms. The maximum absolute atomic E-state index is 12.9. The Hall–Kier alpha value is -0.400. The first-order valence-corrected chi connectivity index (χ1v) is 14.6. The van der Waals surface area contributed by atoms with E-state index in [1.807, 2.05) is 25.7 Å². The monoisotopic (exact) mass is 457 g/mol. The van der Waals surface area contributed by atoms with Gasteiger partial charge >= 0.3 is 0 Å². The lowest BCUT2D eigenvalue weighted by atomic mass is 10.1. The van der Waals surface area contributed by atoms with Gasteiger partial charge in [-0.25, -0.2) is 9.97 Å². The van der Waals surface area contributed by atoms with Crippen LogP contribution in [0.4, 0.5) is 5.69 Å². The summed E-state index contributed by atoms with van der Waals surface area (Å²) in [5.74, 6) is 0.815. The lowest BCUT2D eigenvalue weighted by Crippen LogP contribution is -2.26. The van der Waals surface area contributed by atoms with E-state index in [-0.39, 0.29) is 11.2 Å². The van der Waals surface area contributed by atoms with E-state index >= 15 is 0 Å². The number of amides is 1. The molecule has 1 heterocycles. The summed E-state index contributed by atoms with van der Waals surface area (Å²) >= 11 is 4.74. The summed E-state index contributed by atoms with van der Waals surface area (Å²) in [6.45, 7) is 4.15. The predicted octanol–water partition coefficient (Wildman–Crippen LogP) is 7.21. The van der Waals surface area contributed by atoms with Gasteiger partial charge in [0.05, 0.1) is 5.25 Å². The zero-order chi connectivity index (χ0) is 21.5. The van der Waals surface area contributed by atoms with E-state index in [0.717, 1.165) is 34.4 Å². The molecule has 0 aromatic carbocycles. The zero-order valence-corrected chi connectivity index (χ0v) is 21.3. The van der Waals surface area contributed by atoms with E-state index in [9.17, 15) is 4.79 Å². The number of aryl methyl sites for hydroxylation is 1. The number of anilines is 1. The largest absolute Gasteiger partial charge is 0.321 e. The average Bonchev–Trinajstić information content (AvgIpc) is 2.72. The molecule has 1 atom stereocenters. The molecule has 0 saturated carbocycles. The highest BCUT2D eigenvalue weighted by Gasteiger charge is 2.21. The lowest BCUT2D eigenvalue weighted by molar-refractivity contribution is -0.115. The lowest BCUT2D eigenvalue weighted by Gasteiger charge is -2.17. The highest BCUT2D eigenvalue weighted by molar-refractivity contribution is 8.00. The molecule has 0 spiro atoms. The Morgan fingerprint density at radius 3 is 1.79 bits per heavy atom. The minimum absolute atomic E-state index is 0.0187. The van der Waals surface area contributed by atoms with Crippen LogP contribution in [0.3, 0.4) is 0 Å². The number of hydrogen-bond acceptors (Lipinski definition) is 6. The highest BCUT2D eigenvalue weighted by atomic mass is 32.2. The second-order valence-corrected chi connectivity index (χ2v) is 9.98. The van der Waals surface area contributed by atoms with Crippen molar-refractivity contribution < 1.29 is 4.79 Å². The number of aromatic nitrogens is 2. The summed E-state index contributed by atoms with van der Waals surface area (Å²) < 4.78 is 0. The first-order chi connectivity index (χ1) is 14.1. The Kier molecular flexibility index (Phi) is 15.0. The number of nitrogens with zero attached hydrogens (tertiary/aromatic N) is 2. The minimum Gasteiger partial charge on any atom is -0.321 e. The zero-order valence-electron chi connectivity index (χ0n) is 18.9. The van der Waals surface area contributed by atoms with Gasteiger partial charge < -0.3 is 5.32 Å². The molecule has 0 aliphatic carbocycles. The van der Waals surface area contributed by atoms with Gasteiger partial charge in [0.15, 0.2) is 0 Å². The molecule has 0 aliphatic rings. The Balaban J connectivity index is 2.40. The van der Waals surface area contributed by atoms with Crippen molar-refractivity contribution in [3.8, 4) is 0 Å². The van der Waals surface area contributed by atoms with Crippen LogP contribution >= 0.6 is 35.3 Å². The molecular formula is C22H39N3OS3. The Bertz CT molecular complexity index is 574. The second-order valence-electron chi connectivity index (χ2n) is 7.35. The van der Waals surface area contributed by atoms with Gasteiger partial charge in [-0.15, -0.1) is 23.5 Å². The standard InChI is InChI=1S/C22H39N3OS3/c1-6-7-8-9-10-11-12-13-14-15-16-18(27-3)20(26)25-19-21(28-4)23-17(2)24-22(19)29-5/h18H,6-16H2,1-5H3,(H,25,26). The molecule has 0 aliphatic heterocycles. The molecule has 0 fully saturated rings. The Labute approximate surface area is 191 Å². The van der Waals surface area contributed by atoms with Crippen molar-refractivity contribution in [1.29, 1.82) is 0 Å². The van der Waals surface area contributed by atoms with Crippen molar-refractivity contribution in [3.05, 3.63) is 5.82 Å². The molecule has 4 nitrogen and oxygen atoms in total. The molecule has 1 rings (SSSR count). The van der Waals surface area contributed by atoms with Crippen LogP contribution in [-0.2, 0) is 4.79 Å². The topological polar surface area (TPSA) is 54.9 Å². The average molecular weight is 458 g/mol. The van der Waals surface area contributed by atoms with Gasteiger partial charge in [0.25, 0.3) is 0 Å². The van der Waals surface area contributed by atoms with Gasteiger partial charge in [-0.3, -0.25) is 4.79 Å². The third-order valence-electron chi connectivity index (χ3n) is 4.99. The number of carbonyl (C=O) groups excluding carboxylic acids is 1. The molecule has 1 unspecified atom stereocenters. The van der Waals surface area contributed by atoms with E-state index in [1.165, 1.54) is 57.8 Å². The van der Waals surface area contributed by atoms with Crippen LogP contribution in [0.25, 0.3) is 0 Å². The van der Waals surface area contributed by atoms with Crippen molar-refractivity contribution in [1.82, 2.24) is 9.97 Å². The van der Waals surface area contributed by atoms with Crippen LogP contribution in [0, 0.1) is 6.92 Å². The van der Waals surface area contributed by atoms with Crippen LogP contribution in [0.15, 0.2) is 10.1 Å². The maximum atomic E-state index is 12.9. The number of rotatable bonds is 16. The van der Waals surface area contributed by atoms with E-state index < -0.39 is 0 Å². The molecule has 29 heavy (non-hydrogen) atoms. The summed E-state index contributed by atoms with van der Waals surface area (Å²) in [4.78, 5) is 21.8. The third-order valence-corrected chi connectivity index (χ3v) is 7.37. The first-order valence-electron chi connectivity index (χ1n) is 10.9. The molecule has 166 valence electrons. The van der Waals surface area contributed by atoms with Crippen molar-refractivity contribution in [3.63, 3.8) is 0 Å². The molecule has 1 amide bonds. The van der Waals surface area contributed by atoms with Crippen molar-refractivity contribution in [2.75, 3.05) is 24.1 Å². The van der Waals surface area contributed by atoms with Crippen molar-refractivity contribution >= 4 is 46.9 Å². The van der Waals surface area contributed by atoms with Crippen LogP contribution < -0.4 is 5.32 Å². The number of hydrogen-bond donors (Lipinski definition) is 1. The van der Waals surface area contributed by atoms with E-state index in [4.69, 9.17) is 0 Å². The molecule has 7 heteroatoms. The summed E-state index contributed by atoms with van der Waals surface area (Å²) in [5, 5.41) is 4.78. The van der Waals surface area contributed by atoms with Crippen molar-refractivity contribution in [2.45, 2.75) is 99.8 Å². The summed E-state index contributed by atoms with van der Waals surface area (Å²) in [7, 11) is 0. The fourth-order valence-electron chi connectivity index (χ4n) is 3.30. The molecule has 0 radical (unpaired) electrons. The van der Waals surface area contributed by atoms with Gasteiger partial charge in [0, 0.05) is 0 Å². The Morgan fingerprint density at radius 2 is 1.34 bits per heavy atom. The van der Waals surface area contributed by atoms with Gasteiger partial charge in [0.1, 0.15) is 21.6 Å².